The quantitative estimate of drug-likeness (QED) is 0.410. The van der Waals surface area contributed by atoms with E-state index in [9.17, 15) is 22.8 Å². The molecule has 2 amide bonds. The van der Waals surface area contributed by atoms with E-state index >= 15 is 0 Å². The van der Waals surface area contributed by atoms with Crippen LogP contribution >= 0.6 is 0 Å². The number of benzene rings is 1. The van der Waals surface area contributed by atoms with E-state index in [0.717, 1.165) is 12.0 Å². The Hall–Kier alpha value is -3.31. The molecule has 1 aromatic carbocycles. The van der Waals surface area contributed by atoms with E-state index in [-0.39, 0.29) is 56.4 Å². The molecule has 10 nitrogen and oxygen atoms in total. The number of sulfonamides is 1. The van der Waals surface area contributed by atoms with Gasteiger partial charge in [0.2, 0.25) is 15.9 Å². The molecule has 0 radical (unpaired) electrons. The van der Waals surface area contributed by atoms with Crippen molar-refractivity contribution in [1.29, 1.82) is 0 Å². The summed E-state index contributed by atoms with van der Waals surface area (Å²) in [6.45, 7) is 7.98. The Kier molecular flexibility index (Phi) is 10.8. The lowest BCUT2D eigenvalue weighted by atomic mass is 10.1. The maximum Gasteiger partial charge on any atom is 0.306 e. The SMILES string of the molecule is CCCCS(=O)(=O)N1CCN(C(=O)[C@H](CCC(=O)OC(C)(C)C)NC(=O)c2cccc(-c3ccccc3)n2)CC1. The number of nitrogens with zero attached hydrogens (tertiary/aromatic N) is 3. The van der Waals surface area contributed by atoms with Crippen LogP contribution in [0.2, 0.25) is 0 Å². The zero-order valence-corrected chi connectivity index (χ0v) is 24.6. The highest BCUT2D eigenvalue weighted by molar-refractivity contribution is 7.89. The Bertz CT molecular complexity index is 1270. The molecule has 3 rings (SSSR count). The molecule has 2 heterocycles. The van der Waals surface area contributed by atoms with Gasteiger partial charge in [0.15, 0.2) is 0 Å². The number of hydrogen-bond acceptors (Lipinski definition) is 7. The van der Waals surface area contributed by atoms with Crippen molar-refractivity contribution in [3.8, 4) is 11.3 Å². The molecular formula is C29H40N4O6S. The van der Waals surface area contributed by atoms with Crippen LogP contribution in [0.3, 0.4) is 0 Å². The molecule has 0 spiro atoms. The average molecular weight is 573 g/mol. The summed E-state index contributed by atoms with van der Waals surface area (Å²) in [5.74, 6) is -1.31. The Morgan fingerprint density at radius 2 is 1.68 bits per heavy atom. The number of esters is 1. The first-order valence-corrected chi connectivity index (χ1v) is 15.3. The van der Waals surface area contributed by atoms with Gasteiger partial charge < -0.3 is 15.0 Å². The minimum atomic E-state index is -3.38. The molecule has 0 aliphatic carbocycles. The lowest BCUT2D eigenvalue weighted by Gasteiger charge is -2.36. The summed E-state index contributed by atoms with van der Waals surface area (Å²) >= 11 is 0. The van der Waals surface area contributed by atoms with Gasteiger partial charge in [-0.05, 0) is 45.7 Å². The predicted octanol–water partition coefficient (Wildman–Crippen LogP) is 3.24. The van der Waals surface area contributed by atoms with E-state index in [1.807, 2.05) is 37.3 Å². The van der Waals surface area contributed by atoms with Crippen LogP contribution in [-0.2, 0) is 24.3 Å². The van der Waals surface area contributed by atoms with Gasteiger partial charge in [0.05, 0.1) is 11.4 Å². The predicted molar refractivity (Wildman–Crippen MR) is 153 cm³/mol. The summed E-state index contributed by atoms with van der Waals surface area (Å²) in [6.07, 6.45) is 1.32. The minimum Gasteiger partial charge on any atom is -0.460 e. The van der Waals surface area contributed by atoms with Gasteiger partial charge in [0.25, 0.3) is 5.91 Å². The van der Waals surface area contributed by atoms with Crippen LogP contribution in [0, 0.1) is 0 Å². The van der Waals surface area contributed by atoms with Crippen molar-refractivity contribution >= 4 is 27.8 Å². The topological polar surface area (TPSA) is 126 Å². The summed E-state index contributed by atoms with van der Waals surface area (Å²) in [4.78, 5) is 45.2. The largest absolute Gasteiger partial charge is 0.460 e. The van der Waals surface area contributed by atoms with E-state index in [1.165, 1.54) is 4.31 Å². The van der Waals surface area contributed by atoms with Crippen LogP contribution in [0.25, 0.3) is 11.3 Å². The zero-order valence-electron chi connectivity index (χ0n) is 23.8. The molecule has 0 saturated carbocycles. The highest BCUT2D eigenvalue weighted by Gasteiger charge is 2.33. The number of aromatic nitrogens is 1. The summed E-state index contributed by atoms with van der Waals surface area (Å²) in [6, 6.07) is 13.5. The number of ether oxygens (including phenoxy) is 1. The van der Waals surface area contributed by atoms with Crippen LogP contribution < -0.4 is 5.32 Å². The lowest BCUT2D eigenvalue weighted by Crippen LogP contribution is -2.56. The van der Waals surface area contributed by atoms with E-state index in [4.69, 9.17) is 4.74 Å². The molecule has 218 valence electrons. The lowest BCUT2D eigenvalue weighted by molar-refractivity contribution is -0.155. The number of piperazine rings is 1. The van der Waals surface area contributed by atoms with Crippen LogP contribution in [0.15, 0.2) is 48.5 Å². The van der Waals surface area contributed by atoms with Crippen molar-refractivity contribution < 1.29 is 27.5 Å². The molecule has 1 aliphatic rings. The maximum absolute atomic E-state index is 13.6. The fraction of sp³-hybridized carbons (Fsp3) is 0.517. The number of pyridine rings is 1. The summed E-state index contributed by atoms with van der Waals surface area (Å²) in [7, 11) is -3.38. The Balaban J connectivity index is 1.73. The van der Waals surface area contributed by atoms with E-state index < -0.39 is 33.5 Å². The Morgan fingerprint density at radius 3 is 2.30 bits per heavy atom. The number of unbranched alkanes of at least 4 members (excludes halogenated alkanes) is 1. The Labute approximate surface area is 237 Å². The van der Waals surface area contributed by atoms with Crippen molar-refractivity contribution in [2.45, 2.75) is 65.0 Å². The van der Waals surface area contributed by atoms with Crippen molar-refractivity contribution in [3.63, 3.8) is 0 Å². The average Bonchev–Trinajstić information content (AvgIpc) is 2.93. The monoisotopic (exact) mass is 572 g/mol. The summed E-state index contributed by atoms with van der Waals surface area (Å²) in [5.41, 5.74) is 0.927. The third-order valence-corrected chi connectivity index (χ3v) is 8.37. The summed E-state index contributed by atoms with van der Waals surface area (Å²) < 4.78 is 32.0. The second kappa shape index (κ2) is 13.8. The normalized spacial score (nSPS) is 15.3. The third kappa shape index (κ3) is 9.12. The van der Waals surface area contributed by atoms with Crippen LogP contribution in [0.1, 0.15) is 63.9 Å². The molecule has 0 bridgehead atoms. The molecule has 11 heteroatoms. The number of amides is 2. The number of hydrogen-bond donors (Lipinski definition) is 1. The van der Waals surface area contributed by atoms with Gasteiger partial charge in [-0.2, -0.15) is 4.31 Å². The molecular weight excluding hydrogens is 532 g/mol. The molecule has 1 N–H and O–H groups in total. The van der Waals surface area contributed by atoms with Gasteiger partial charge in [0.1, 0.15) is 17.3 Å². The third-order valence-electron chi connectivity index (χ3n) is 6.41. The first kappa shape index (κ1) is 31.2. The number of carbonyl (C=O) groups excluding carboxylic acids is 3. The summed E-state index contributed by atoms with van der Waals surface area (Å²) in [5, 5.41) is 2.76. The fourth-order valence-electron chi connectivity index (χ4n) is 4.34. The minimum absolute atomic E-state index is 0.0346. The van der Waals surface area contributed by atoms with Gasteiger partial charge in [-0.1, -0.05) is 49.7 Å². The van der Waals surface area contributed by atoms with Gasteiger partial charge >= 0.3 is 5.97 Å². The molecule has 1 aliphatic heterocycles. The molecule has 1 aromatic heterocycles. The van der Waals surface area contributed by atoms with Crippen molar-refractivity contribution in [3.05, 3.63) is 54.2 Å². The second-order valence-corrected chi connectivity index (χ2v) is 12.9. The van der Waals surface area contributed by atoms with Crippen LogP contribution in [-0.4, -0.2) is 84.0 Å². The molecule has 1 saturated heterocycles. The molecule has 2 aromatic rings. The second-order valence-electron chi connectivity index (χ2n) is 10.8. The number of nitrogens with one attached hydrogen (secondary N) is 1. The Morgan fingerprint density at radius 1 is 1.00 bits per heavy atom. The van der Waals surface area contributed by atoms with Crippen molar-refractivity contribution in [1.82, 2.24) is 19.5 Å². The maximum atomic E-state index is 13.6. The molecule has 40 heavy (non-hydrogen) atoms. The smallest absolute Gasteiger partial charge is 0.306 e. The highest BCUT2D eigenvalue weighted by Crippen LogP contribution is 2.18. The van der Waals surface area contributed by atoms with Crippen molar-refractivity contribution in [2.24, 2.45) is 0 Å². The van der Waals surface area contributed by atoms with E-state index in [1.54, 1.807) is 43.9 Å². The van der Waals surface area contributed by atoms with Crippen LogP contribution in [0.4, 0.5) is 0 Å². The van der Waals surface area contributed by atoms with Gasteiger partial charge in [0, 0.05) is 38.2 Å². The standard InChI is InChI=1S/C29H40N4O6S/c1-5-6-21-40(37,38)33-19-17-32(18-20-33)28(36)25(15-16-26(34)39-29(2,3)4)31-27(35)24-14-10-13-23(30-24)22-11-8-7-9-12-22/h7-14,25H,5-6,15-21H2,1-4H3,(H,31,35)/t25-/m0/s1. The van der Waals surface area contributed by atoms with Gasteiger partial charge in [-0.25, -0.2) is 13.4 Å². The van der Waals surface area contributed by atoms with Crippen molar-refractivity contribution in [2.75, 3.05) is 31.9 Å². The zero-order chi connectivity index (χ0) is 29.3. The molecule has 1 atom stereocenters. The first-order valence-electron chi connectivity index (χ1n) is 13.7. The van der Waals surface area contributed by atoms with E-state index in [0.29, 0.717) is 12.1 Å². The number of rotatable bonds is 11. The first-order chi connectivity index (χ1) is 18.9. The van der Waals surface area contributed by atoms with Gasteiger partial charge in [-0.15, -0.1) is 0 Å². The fourth-order valence-corrected chi connectivity index (χ4v) is 5.97. The van der Waals surface area contributed by atoms with E-state index in [2.05, 4.69) is 10.3 Å². The van der Waals surface area contributed by atoms with Crippen LogP contribution in [0.5, 0.6) is 0 Å². The molecule has 0 unspecified atom stereocenters. The molecule has 1 fully saturated rings. The number of carbonyl (C=O) groups is 3. The van der Waals surface area contributed by atoms with Gasteiger partial charge in [-0.3, -0.25) is 14.4 Å². The highest BCUT2D eigenvalue weighted by atomic mass is 32.2.